The molecule has 0 aliphatic heterocycles. The van der Waals surface area contributed by atoms with Crippen molar-refractivity contribution in [1.29, 1.82) is 0 Å². The summed E-state index contributed by atoms with van der Waals surface area (Å²) in [5.41, 5.74) is 0.954. The third-order valence-electron chi connectivity index (χ3n) is 4.71. The van der Waals surface area contributed by atoms with Gasteiger partial charge in [0, 0.05) is 12.6 Å². The molecule has 1 N–H and O–H groups in total. The van der Waals surface area contributed by atoms with E-state index in [9.17, 15) is 9.59 Å². The van der Waals surface area contributed by atoms with Crippen molar-refractivity contribution in [1.82, 2.24) is 14.9 Å². The third-order valence-corrected chi connectivity index (χ3v) is 5.76. The molecule has 0 fully saturated rings. The molecule has 0 bridgehead atoms. The molecule has 0 radical (unpaired) electrons. The molecular weight excluding hydrogens is 414 g/mol. The van der Waals surface area contributed by atoms with Crippen LogP contribution in [-0.2, 0) is 4.79 Å². The first-order valence-corrected chi connectivity index (χ1v) is 10.9. The van der Waals surface area contributed by atoms with E-state index >= 15 is 0 Å². The molecule has 0 spiro atoms. The Balaban J connectivity index is 2.10. The highest BCUT2D eigenvalue weighted by atomic mass is 32.2. The first-order chi connectivity index (χ1) is 14.8. The van der Waals surface area contributed by atoms with E-state index in [0.717, 1.165) is 0 Å². The highest BCUT2D eigenvalue weighted by Crippen LogP contribution is 2.31. The zero-order valence-electron chi connectivity index (χ0n) is 18.3. The maximum Gasteiger partial charge on any atom is 0.266 e. The molecule has 3 aromatic rings. The molecule has 8 heteroatoms. The lowest BCUT2D eigenvalue weighted by Gasteiger charge is -2.18. The topological polar surface area (TPSA) is 82.5 Å². The van der Waals surface area contributed by atoms with Crippen LogP contribution in [0.2, 0.25) is 0 Å². The number of rotatable bonds is 8. The summed E-state index contributed by atoms with van der Waals surface area (Å²) in [5, 5.41) is 3.43. The average molecular weight is 442 g/mol. The van der Waals surface area contributed by atoms with Gasteiger partial charge in [-0.3, -0.25) is 14.2 Å². The first kappa shape index (κ1) is 22.7. The van der Waals surface area contributed by atoms with Crippen LogP contribution >= 0.6 is 11.8 Å². The number of hydrogen-bond donors (Lipinski definition) is 1. The fourth-order valence-corrected chi connectivity index (χ4v) is 3.99. The number of thioether (sulfide) groups is 1. The molecule has 1 aromatic heterocycles. The summed E-state index contributed by atoms with van der Waals surface area (Å²) in [6.45, 7) is 6.48. The van der Waals surface area contributed by atoms with Gasteiger partial charge < -0.3 is 14.8 Å². The fourth-order valence-electron chi connectivity index (χ4n) is 3.04. The molecule has 2 aromatic carbocycles. The maximum absolute atomic E-state index is 13.4. The van der Waals surface area contributed by atoms with Gasteiger partial charge in [0.2, 0.25) is 5.91 Å². The van der Waals surface area contributed by atoms with Crippen molar-refractivity contribution < 1.29 is 14.3 Å². The molecule has 3 rings (SSSR count). The van der Waals surface area contributed by atoms with Gasteiger partial charge in [0.05, 0.1) is 36.1 Å². The number of hydrogen-bond acceptors (Lipinski definition) is 6. The van der Waals surface area contributed by atoms with Gasteiger partial charge >= 0.3 is 0 Å². The summed E-state index contributed by atoms with van der Waals surface area (Å²) in [7, 11) is 3.10. The van der Waals surface area contributed by atoms with Crippen LogP contribution in [-0.4, -0.2) is 41.5 Å². The van der Waals surface area contributed by atoms with Crippen LogP contribution in [0.15, 0.2) is 52.4 Å². The van der Waals surface area contributed by atoms with Crippen LogP contribution in [0.25, 0.3) is 16.6 Å². The highest BCUT2D eigenvalue weighted by molar-refractivity contribution is 8.00. The number of methoxy groups -OCH3 is 2. The number of ether oxygens (including phenoxy) is 2. The van der Waals surface area contributed by atoms with E-state index in [1.807, 2.05) is 19.9 Å². The van der Waals surface area contributed by atoms with Gasteiger partial charge in [-0.25, -0.2) is 4.98 Å². The Labute approximate surface area is 185 Å². The lowest BCUT2D eigenvalue weighted by atomic mass is 10.2. The number of nitrogens with one attached hydrogen (secondary N) is 1. The summed E-state index contributed by atoms with van der Waals surface area (Å²) in [6, 6.07) is 12.4. The largest absolute Gasteiger partial charge is 0.493 e. The number of carbonyl (C=O) groups is 1. The molecule has 0 saturated heterocycles. The maximum atomic E-state index is 13.4. The summed E-state index contributed by atoms with van der Waals surface area (Å²) < 4.78 is 12.2. The van der Waals surface area contributed by atoms with Gasteiger partial charge in [-0.15, -0.1) is 0 Å². The minimum absolute atomic E-state index is 0.0973. The minimum atomic E-state index is -0.432. The fraction of sp³-hybridized carbons (Fsp3) is 0.348. The Hall–Kier alpha value is -3.00. The van der Waals surface area contributed by atoms with Gasteiger partial charge in [-0.2, -0.15) is 0 Å². The number of aromatic nitrogens is 2. The monoisotopic (exact) mass is 441 g/mol. The van der Waals surface area contributed by atoms with Crippen LogP contribution in [0.3, 0.4) is 0 Å². The zero-order valence-corrected chi connectivity index (χ0v) is 19.2. The quantitative estimate of drug-likeness (QED) is 0.424. The Morgan fingerprint density at radius 3 is 2.48 bits per heavy atom. The molecule has 164 valence electrons. The van der Waals surface area contributed by atoms with Crippen molar-refractivity contribution in [2.45, 2.75) is 31.2 Å². The Morgan fingerprint density at radius 2 is 1.81 bits per heavy atom. The average Bonchev–Trinajstić information content (AvgIpc) is 2.77. The predicted octanol–water partition coefficient (Wildman–Crippen LogP) is 3.66. The lowest BCUT2D eigenvalue weighted by Crippen LogP contribution is -2.34. The molecule has 1 unspecified atom stereocenters. The van der Waals surface area contributed by atoms with E-state index < -0.39 is 5.25 Å². The second-order valence-corrected chi connectivity index (χ2v) is 8.80. The van der Waals surface area contributed by atoms with Gasteiger partial charge in [-0.1, -0.05) is 37.7 Å². The molecular formula is C23H27N3O4S. The van der Waals surface area contributed by atoms with Crippen molar-refractivity contribution in [2.24, 2.45) is 5.92 Å². The molecule has 7 nitrogen and oxygen atoms in total. The van der Waals surface area contributed by atoms with Crippen molar-refractivity contribution in [3.63, 3.8) is 0 Å². The van der Waals surface area contributed by atoms with Gasteiger partial charge in [0.1, 0.15) is 0 Å². The van der Waals surface area contributed by atoms with Gasteiger partial charge in [-0.05, 0) is 37.1 Å². The standard InChI is InChI=1S/C23H27N3O4S/c1-14(2)13-24-21(27)15(3)31-23-25-18-9-7-6-8-17(18)22(28)26(23)16-10-11-19(29-4)20(12-16)30-5/h6-12,14-15H,13H2,1-5H3,(H,24,27). The number of fused-ring (bicyclic) bond motifs is 1. The number of benzene rings is 2. The summed E-state index contributed by atoms with van der Waals surface area (Å²) in [6.07, 6.45) is 0. The normalized spacial score (nSPS) is 12.1. The van der Waals surface area contributed by atoms with Crippen molar-refractivity contribution in [2.75, 3.05) is 20.8 Å². The molecule has 0 aliphatic carbocycles. The van der Waals surface area contributed by atoms with Crippen molar-refractivity contribution in [3.8, 4) is 17.2 Å². The Bertz CT molecular complexity index is 1140. The molecule has 31 heavy (non-hydrogen) atoms. The number of amides is 1. The van der Waals surface area contributed by atoms with Gasteiger partial charge in [0.25, 0.3) is 5.56 Å². The summed E-state index contributed by atoms with van der Waals surface area (Å²) in [5.74, 6) is 1.31. The molecule has 0 saturated carbocycles. The van der Waals surface area contributed by atoms with E-state index in [0.29, 0.717) is 45.7 Å². The smallest absolute Gasteiger partial charge is 0.266 e. The second-order valence-electron chi connectivity index (χ2n) is 7.49. The molecule has 1 atom stereocenters. The SMILES string of the molecule is COc1ccc(-n2c(SC(C)C(=O)NCC(C)C)nc3ccccc3c2=O)cc1OC. The second kappa shape index (κ2) is 9.87. The minimum Gasteiger partial charge on any atom is -0.493 e. The van der Waals surface area contributed by atoms with Crippen LogP contribution in [0.4, 0.5) is 0 Å². The third kappa shape index (κ3) is 5.02. The highest BCUT2D eigenvalue weighted by Gasteiger charge is 2.21. The van der Waals surface area contributed by atoms with Crippen molar-refractivity contribution >= 4 is 28.6 Å². The van der Waals surface area contributed by atoms with E-state index in [2.05, 4.69) is 5.32 Å². The molecule has 1 heterocycles. The van der Waals surface area contributed by atoms with Crippen LogP contribution < -0.4 is 20.3 Å². The molecule has 1 amide bonds. The Kier molecular flexibility index (Phi) is 7.22. The molecule has 0 aliphatic rings. The number of para-hydroxylation sites is 1. The van der Waals surface area contributed by atoms with E-state index in [1.165, 1.54) is 16.3 Å². The van der Waals surface area contributed by atoms with Crippen LogP contribution in [0, 0.1) is 5.92 Å². The van der Waals surface area contributed by atoms with Crippen molar-refractivity contribution in [3.05, 3.63) is 52.8 Å². The van der Waals surface area contributed by atoms with Gasteiger partial charge in [0.15, 0.2) is 16.7 Å². The zero-order chi connectivity index (χ0) is 22.5. The summed E-state index contributed by atoms with van der Waals surface area (Å²) in [4.78, 5) is 30.7. The van der Waals surface area contributed by atoms with Crippen LogP contribution in [0.1, 0.15) is 20.8 Å². The predicted molar refractivity (Wildman–Crippen MR) is 124 cm³/mol. The van der Waals surface area contributed by atoms with E-state index in [1.54, 1.807) is 57.5 Å². The number of nitrogens with zero attached hydrogens (tertiary/aromatic N) is 2. The Morgan fingerprint density at radius 1 is 1.10 bits per heavy atom. The first-order valence-electron chi connectivity index (χ1n) is 10.0. The summed E-state index contributed by atoms with van der Waals surface area (Å²) >= 11 is 1.24. The van der Waals surface area contributed by atoms with E-state index in [4.69, 9.17) is 14.5 Å². The van der Waals surface area contributed by atoms with E-state index in [-0.39, 0.29) is 11.5 Å². The lowest BCUT2D eigenvalue weighted by molar-refractivity contribution is -0.120. The number of carbonyl (C=O) groups excluding carboxylic acids is 1. The van der Waals surface area contributed by atoms with Crippen LogP contribution in [0.5, 0.6) is 11.5 Å².